The van der Waals surface area contributed by atoms with Gasteiger partial charge in [-0.05, 0) is 61.1 Å². The number of benzene rings is 1. The Morgan fingerprint density at radius 2 is 2.03 bits per heavy atom. The number of aryl methyl sites for hydroxylation is 1. The highest BCUT2D eigenvalue weighted by Gasteiger charge is 2.36. The lowest BCUT2D eigenvalue weighted by Gasteiger charge is -2.36. The van der Waals surface area contributed by atoms with Crippen molar-refractivity contribution in [2.24, 2.45) is 5.41 Å². The second-order valence-electron chi connectivity index (χ2n) is 9.52. The van der Waals surface area contributed by atoms with Crippen LogP contribution in [0.4, 0.5) is 0 Å². The van der Waals surface area contributed by atoms with Crippen LogP contribution in [0, 0.1) is 5.41 Å². The van der Waals surface area contributed by atoms with Gasteiger partial charge in [-0.25, -0.2) is 9.67 Å². The molecule has 0 saturated carbocycles. The molecule has 0 fully saturated rings. The van der Waals surface area contributed by atoms with Crippen LogP contribution < -0.4 is 10.1 Å². The van der Waals surface area contributed by atoms with Crippen molar-refractivity contribution in [2.75, 3.05) is 7.11 Å². The number of ether oxygens (including phenoxy) is 1. The topological polar surface area (TPSA) is 73.5 Å². The number of fused-ring (bicyclic) bond motifs is 2. The van der Waals surface area contributed by atoms with Gasteiger partial charge in [0, 0.05) is 24.4 Å². The average Bonchev–Trinajstić information content (AvgIpc) is 3.41. The maximum Gasteiger partial charge on any atom is 0.220 e. The minimum Gasteiger partial charge on any atom is -0.497 e. The van der Waals surface area contributed by atoms with Crippen LogP contribution in [0.5, 0.6) is 5.75 Å². The molecule has 33 heavy (non-hydrogen) atoms. The van der Waals surface area contributed by atoms with Gasteiger partial charge in [0.1, 0.15) is 11.4 Å². The maximum atomic E-state index is 12.9. The monoisotopic (exact) mass is 443 g/mol. The van der Waals surface area contributed by atoms with Crippen LogP contribution in [-0.4, -0.2) is 32.2 Å². The van der Waals surface area contributed by atoms with E-state index in [-0.39, 0.29) is 17.4 Å². The maximum absolute atomic E-state index is 12.9. The number of hydrogen-bond donors (Lipinski definition) is 1. The number of carbonyl (C=O) groups excluding carboxylic acids is 1. The number of nitrogens with one attached hydrogen (secondary N) is 1. The summed E-state index contributed by atoms with van der Waals surface area (Å²) in [7, 11) is 1.66. The Hall–Kier alpha value is -3.61. The van der Waals surface area contributed by atoms with Crippen molar-refractivity contribution in [1.82, 2.24) is 24.5 Å². The van der Waals surface area contributed by atoms with Crippen LogP contribution in [0.3, 0.4) is 0 Å². The van der Waals surface area contributed by atoms with E-state index in [2.05, 4.69) is 29.2 Å². The highest BCUT2D eigenvalue weighted by Crippen LogP contribution is 2.41. The van der Waals surface area contributed by atoms with E-state index in [1.807, 2.05) is 70.1 Å². The SMILES string of the molecule is COc1ccc(-n2ncc3c2CC(C)(C)CC3NC(=O)CCc2cn3ccccc3n2)cc1. The zero-order valence-electron chi connectivity index (χ0n) is 19.3. The lowest BCUT2D eigenvalue weighted by atomic mass is 9.74. The first kappa shape index (κ1) is 21.2. The van der Waals surface area contributed by atoms with Crippen molar-refractivity contribution in [2.45, 2.75) is 45.6 Å². The Labute approximate surface area is 193 Å². The molecule has 0 saturated heterocycles. The number of nitrogens with zero attached hydrogens (tertiary/aromatic N) is 4. The van der Waals surface area contributed by atoms with Crippen LogP contribution >= 0.6 is 0 Å². The van der Waals surface area contributed by atoms with E-state index in [0.717, 1.165) is 46.9 Å². The highest BCUT2D eigenvalue weighted by molar-refractivity contribution is 5.76. The van der Waals surface area contributed by atoms with E-state index in [9.17, 15) is 4.79 Å². The smallest absolute Gasteiger partial charge is 0.220 e. The van der Waals surface area contributed by atoms with Crippen molar-refractivity contribution in [3.05, 3.63) is 78.0 Å². The van der Waals surface area contributed by atoms with Crippen LogP contribution in [0.2, 0.25) is 0 Å². The molecule has 1 aliphatic carbocycles. The van der Waals surface area contributed by atoms with Gasteiger partial charge in [0.2, 0.25) is 5.91 Å². The number of hydrogen-bond acceptors (Lipinski definition) is 4. The molecule has 0 spiro atoms. The third kappa shape index (κ3) is 4.35. The van der Waals surface area contributed by atoms with Gasteiger partial charge < -0.3 is 14.5 Å². The van der Waals surface area contributed by atoms with E-state index < -0.39 is 0 Å². The van der Waals surface area contributed by atoms with Crippen molar-refractivity contribution in [3.8, 4) is 11.4 Å². The number of pyridine rings is 1. The Bertz CT molecular complexity index is 1250. The van der Waals surface area contributed by atoms with Gasteiger partial charge in [-0.15, -0.1) is 0 Å². The molecular formula is C26H29N5O2. The molecule has 1 amide bonds. The standard InChI is InChI=1S/C26H29N5O2/c1-26(2)14-22(29-25(32)12-7-18-17-30-13-5-4-6-24(30)28-18)21-16-27-31(23(21)15-26)19-8-10-20(33-3)11-9-19/h4-6,8-11,13,16-17,22H,7,12,14-15H2,1-3H3,(H,29,32). The molecule has 1 aliphatic rings. The number of aromatic nitrogens is 4. The average molecular weight is 444 g/mol. The molecule has 1 atom stereocenters. The molecule has 0 aliphatic heterocycles. The summed E-state index contributed by atoms with van der Waals surface area (Å²) in [6.45, 7) is 4.49. The largest absolute Gasteiger partial charge is 0.497 e. The van der Waals surface area contributed by atoms with Crippen molar-refractivity contribution >= 4 is 11.6 Å². The molecule has 4 aromatic rings. The summed E-state index contributed by atoms with van der Waals surface area (Å²) in [4.78, 5) is 17.5. The Kier molecular flexibility index (Phi) is 5.40. The van der Waals surface area contributed by atoms with Crippen molar-refractivity contribution < 1.29 is 9.53 Å². The Morgan fingerprint density at radius 3 is 2.79 bits per heavy atom. The summed E-state index contributed by atoms with van der Waals surface area (Å²) < 4.78 is 9.26. The summed E-state index contributed by atoms with van der Waals surface area (Å²) in [6, 6.07) is 13.8. The lowest BCUT2D eigenvalue weighted by molar-refractivity contribution is -0.122. The van der Waals surface area contributed by atoms with Gasteiger partial charge in [0.05, 0.1) is 36.4 Å². The number of methoxy groups -OCH3 is 1. The van der Waals surface area contributed by atoms with Crippen molar-refractivity contribution in [1.29, 1.82) is 0 Å². The number of rotatable bonds is 6. The quantitative estimate of drug-likeness (QED) is 0.482. The fraction of sp³-hybridized carbons (Fsp3) is 0.346. The molecular weight excluding hydrogens is 414 g/mol. The molecule has 7 heteroatoms. The normalized spacial score (nSPS) is 17.0. The van der Waals surface area contributed by atoms with Gasteiger partial charge >= 0.3 is 0 Å². The van der Waals surface area contributed by atoms with Crippen LogP contribution in [0.1, 0.15) is 49.7 Å². The summed E-state index contributed by atoms with van der Waals surface area (Å²) >= 11 is 0. The van der Waals surface area contributed by atoms with Crippen LogP contribution in [0.15, 0.2) is 61.1 Å². The summed E-state index contributed by atoms with van der Waals surface area (Å²) in [5, 5.41) is 7.95. The van der Waals surface area contributed by atoms with E-state index in [4.69, 9.17) is 4.74 Å². The molecule has 1 unspecified atom stereocenters. The van der Waals surface area contributed by atoms with Gasteiger partial charge in [-0.2, -0.15) is 5.10 Å². The first-order valence-corrected chi connectivity index (χ1v) is 11.3. The molecule has 170 valence electrons. The number of imidazole rings is 1. The van der Waals surface area contributed by atoms with E-state index in [1.165, 1.54) is 0 Å². The minimum absolute atomic E-state index is 0.0397. The Balaban J connectivity index is 1.32. The van der Waals surface area contributed by atoms with Gasteiger partial charge in [-0.3, -0.25) is 4.79 Å². The number of amides is 1. The zero-order chi connectivity index (χ0) is 23.0. The molecule has 0 radical (unpaired) electrons. The fourth-order valence-electron chi connectivity index (χ4n) is 4.73. The molecule has 7 nitrogen and oxygen atoms in total. The summed E-state index contributed by atoms with van der Waals surface area (Å²) in [5.74, 6) is 0.855. The molecule has 1 N–H and O–H groups in total. The van der Waals surface area contributed by atoms with Gasteiger partial charge in [0.15, 0.2) is 0 Å². The van der Waals surface area contributed by atoms with E-state index >= 15 is 0 Å². The van der Waals surface area contributed by atoms with E-state index in [1.54, 1.807) is 7.11 Å². The fourth-order valence-corrected chi connectivity index (χ4v) is 4.73. The third-order valence-electron chi connectivity index (χ3n) is 6.35. The lowest BCUT2D eigenvalue weighted by Crippen LogP contribution is -2.36. The first-order valence-electron chi connectivity index (χ1n) is 11.3. The predicted molar refractivity (Wildman–Crippen MR) is 127 cm³/mol. The summed E-state index contributed by atoms with van der Waals surface area (Å²) in [5.41, 5.74) is 5.13. The third-order valence-corrected chi connectivity index (χ3v) is 6.35. The molecule has 0 bridgehead atoms. The molecule has 3 aromatic heterocycles. The first-order chi connectivity index (χ1) is 15.9. The van der Waals surface area contributed by atoms with Crippen molar-refractivity contribution in [3.63, 3.8) is 0 Å². The van der Waals surface area contributed by atoms with Gasteiger partial charge in [-0.1, -0.05) is 19.9 Å². The summed E-state index contributed by atoms with van der Waals surface area (Å²) in [6.07, 6.45) is 8.67. The zero-order valence-corrected chi connectivity index (χ0v) is 19.3. The minimum atomic E-state index is -0.0516. The molecule has 1 aromatic carbocycles. The number of carbonyl (C=O) groups is 1. The highest BCUT2D eigenvalue weighted by atomic mass is 16.5. The Morgan fingerprint density at radius 1 is 1.21 bits per heavy atom. The van der Waals surface area contributed by atoms with Crippen LogP contribution in [-0.2, 0) is 17.6 Å². The second-order valence-corrected chi connectivity index (χ2v) is 9.52. The van der Waals surface area contributed by atoms with Crippen LogP contribution in [0.25, 0.3) is 11.3 Å². The molecule has 5 rings (SSSR count). The van der Waals surface area contributed by atoms with Gasteiger partial charge in [0.25, 0.3) is 0 Å². The second kappa shape index (κ2) is 8.39. The predicted octanol–water partition coefficient (Wildman–Crippen LogP) is 4.29. The molecule has 3 heterocycles. The van der Waals surface area contributed by atoms with E-state index in [0.29, 0.717) is 12.8 Å².